The molecule has 1 rings (SSSR count). The highest BCUT2D eigenvalue weighted by Gasteiger charge is 1.88. The number of carbonyl (C=O) groups excluding carboxylic acids is 1. The molecule has 1 amide bonds. The first-order valence-corrected chi connectivity index (χ1v) is 3.59. The third kappa shape index (κ3) is 2.75. The Balaban J connectivity index is 2.70. The predicted molar refractivity (Wildman–Crippen MR) is 48.0 cm³/mol. The molecule has 0 spiro atoms. The van der Waals surface area contributed by atoms with Crippen LogP contribution in [-0.2, 0) is 4.79 Å². The molecule has 13 heavy (non-hydrogen) atoms. The molecule has 0 saturated carbocycles. The van der Waals surface area contributed by atoms with Gasteiger partial charge in [0.05, 0.1) is 17.8 Å². The van der Waals surface area contributed by atoms with Gasteiger partial charge in [0.25, 0.3) is 0 Å². The van der Waals surface area contributed by atoms with E-state index in [1.165, 1.54) is 6.21 Å². The summed E-state index contributed by atoms with van der Waals surface area (Å²) in [6.45, 7) is 0. The Hall–Kier alpha value is -2.15. The van der Waals surface area contributed by atoms with Crippen molar-refractivity contribution in [2.24, 2.45) is 5.10 Å². The Kier molecular flexibility index (Phi) is 3.21. The maximum Gasteiger partial charge on any atom is 0.227 e. The minimum atomic E-state index is 0.486. The number of nitriles is 1. The zero-order chi connectivity index (χ0) is 9.52. The Morgan fingerprint density at radius 3 is 2.62 bits per heavy atom. The van der Waals surface area contributed by atoms with Gasteiger partial charge in [-0.05, 0) is 17.7 Å². The molecule has 0 aromatic heterocycles. The van der Waals surface area contributed by atoms with Crippen LogP contribution in [-0.4, -0.2) is 12.6 Å². The molecule has 0 bridgehead atoms. The third-order valence-corrected chi connectivity index (χ3v) is 1.38. The third-order valence-electron chi connectivity index (χ3n) is 1.38. The van der Waals surface area contributed by atoms with Gasteiger partial charge in [-0.3, -0.25) is 4.79 Å². The fraction of sp³-hybridized carbons (Fsp3) is 0. The van der Waals surface area contributed by atoms with Crippen molar-refractivity contribution in [3.63, 3.8) is 0 Å². The first-order valence-electron chi connectivity index (χ1n) is 3.59. The van der Waals surface area contributed by atoms with E-state index in [0.29, 0.717) is 12.0 Å². The van der Waals surface area contributed by atoms with Crippen molar-refractivity contribution in [1.82, 2.24) is 5.43 Å². The van der Waals surface area contributed by atoms with Gasteiger partial charge >= 0.3 is 0 Å². The van der Waals surface area contributed by atoms with Crippen molar-refractivity contribution < 1.29 is 4.79 Å². The monoisotopic (exact) mass is 173 g/mol. The van der Waals surface area contributed by atoms with Crippen molar-refractivity contribution >= 4 is 12.6 Å². The Bertz CT molecular complexity index is 348. The summed E-state index contributed by atoms with van der Waals surface area (Å²) in [5.74, 6) is 0. The second-order valence-corrected chi connectivity index (χ2v) is 2.24. The van der Waals surface area contributed by atoms with E-state index in [2.05, 4.69) is 10.5 Å². The molecule has 0 atom stereocenters. The molecule has 64 valence electrons. The number of hydrazone groups is 1. The summed E-state index contributed by atoms with van der Waals surface area (Å²) in [5, 5.41) is 12.1. The van der Waals surface area contributed by atoms with Gasteiger partial charge in [0.2, 0.25) is 6.41 Å². The van der Waals surface area contributed by atoms with Gasteiger partial charge in [0.1, 0.15) is 0 Å². The fourth-order valence-corrected chi connectivity index (χ4v) is 0.786. The summed E-state index contributed by atoms with van der Waals surface area (Å²) >= 11 is 0. The molecule has 0 unspecified atom stereocenters. The van der Waals surface area contributed by atoms with Gasteiger partial charge in [-0.2, -0.15) is 10.4 Å². The number of benzene rings is 1. The fourth-order valence-electron chi connectivity index (χ4n) is 0.786. The van der Waals surface area contributed by atoms with Crippen LogP contribution in [0, 0.1) is 11.3 Å². The lowest BCUT2D eigenvalue weighted by molar-refractivity contribution is -0.109. The molecule has 0 radical (unpaired) electrons. The van der Waals surface area contributed by atoms with Crippen LogP contribution in [0.4, 0.5) is 0 Å². The van der Waals surface area contributed by atoms with Crippen LogP contribution in [0.5, 0.6) is 0 Å². The van der Waals surface area contributed by atoms with E-state index in [1.807, 2.05) is 6.07 Å². The lowest BCUT2D eigenvalue weighted by Crippen LogP contribution is -2.00. The highest BCUT2D eigenvalue weighted by atomic mass is 16.1. The van der Waals surface area contributed by atoms with Gasteiger partial charge in [-0.15, -0.1) is 0 Å². The van der Waals surface area contributed by atoms with Crippen LogP contribution in [0.25, 0.3) is 0 Å². The Labute approximate surface area is 75.5 Å². The molecule has 0 saturated heterocycles. The quantitative estimate of drug-likeness (QED) is 0.414. The van der Waals surface area contributed by atoms with Crippen molar-refractivity contribution in [3.8, 4) is 6.07 Å². The zero-order valence-electron chi connectivity index (χ0n) is 6.77. The number of nitrogens with zero attached hydrogens (tertiary/aromatic N) is 2. The second kappa shape index (κ2) is 4.67. The molecule has 1 aromatic carbocycles. The standard InChI is InChI=1S/C9H7N3O/c10-5-8-1-3-9(4-2-8)6-11-12-7-13/h1-4,6-7H,(H,12,13)/b11-6+. The summed E-state index contributed by atoms with van der Waals surface area (Å²) in [6.07, 6.45) is 1.98. The zero-order valence-corrected chi connectivity index (χ0v) is 6.77. The minimum Gasteiger partial charge on any atom is -0.277 e. The molecule has 1 aromatic rings. The molecular formula is C9H7N3O. The molecule has 0 aliphatic rings. The summed E-state index contributed by atoms with van der Waals surface area (Å²) in [5.41, 5.74) is 3.57. The number of hydrogen-bond acceptors (Lipinski definition) is 3. The first-order chi connectivity index (χ1) is 6.36. The first kappa shape index (κ1) is 8.94. The Morgan fingerprint density at radius 1 is 1.38 bits per heavy atom. The van der Waals surface area contributed by atoms with Gasteiger partial charge in [-0.1, -0.05) is 12.1 Å². The number of carbonyl (C=O) groups is 1. The molecular weight excluding hydrogens is 166 g/mol. The lowest BCUT2D eigenvalue weighted by Gasteiger charge is -1.91. The van der Waals surface area contributed by atoms with E-state index < -0.39 is 0 Å². The van der Waals surface area contributed by atoms with E-state index in [1.54, 1.807) is 24.3 Å². The molecule has 0 fully saturated rings. The van der Waals surface area contributed by atoms with Gasteiger partial charge in [0, 0.05) is 0 Å². The van der Waals surface area contributed by atoms with Crippen molar-refractivity contribution in [1.29, 1.82) is 5.26 Å². The highest BCUT2D eigenvalue weighted by Crippen LogP contribution is 1.99. The van der Waals surface area contributed by atoms with Crippen LogP contribution in [0.15, 0.2) is 29.4 Å². The number of amides is 1. The maximum atomic E-state index is 9.83. The van der Waals surface area contributed by atoms with Gasteiger partial charge in [-0.25, -0.2) is 5.43 Å². The van der Waals surface area contributed by atoms with Crippen LogP contribution < -0.4 is 5.43 Å². The smallest absolute Gasteiger partial charge is 0.227 e. The SMILES string of the molecule is N#Cc1ccc(/C=N/NC=O)cc1. The van der Waals surface area contributed by atoms with Crippen LogP contribution in [0.1, 0.15) is 11.1 Å². The van der Waals surface area contributed by atoms with Crippen LogP contribution in [0.3, 0.4) is 0 Å². The highest BCUT2D eigenvalue weighted by molar-refractivity contribution is 5.80. The summed E-state index contributed by atoms with van der Waals surface area (Å²) in [4.78, 5) is 9.83. The van der Waals surface area contributed by atoms with E-state index in [9.17, 15) is 4.79 Å². The molecule has 0 heterocycles. The van der Waals surface area contributed by atoms with Gasteiger partial charge in [0.15, 0.2) is 0 Å². The molecule has 0 aliphatic heterocycles. The van der Waals surface area contributed by atoms with Crippen LogP contribution >= 0.6 is 0 Å². The molecule has 0 aliphatic carbocycles. The summed E-state index contributed by atoms with van der Waals surface area (Å²) in [7, 11) is 0. The van der Waals surface area contributed by atoms with E-state index in [0.717, 1.165) is 5.56 Å². The number of hydrogen-bond donors (Lipinski definition) is 1. The molecule has 1 N–H and O–H groups in total. The predicted octanol–water partition coefficient (Wildman–Crippen LogP) is 0.638. The van der Waals surface area contributed by atoms with Crippen molar-refractivity contribution in [2.75, 3.05) is 0 Å². The van der Waals surface area contributed by atoms with Gasteiger partial charge < -0.3 is 0 Å². The summed E-state index contributed by atoms with van der Waals surface area (Å²) in [6, 6.07) is 8.86. The van der Waals surface area contributed by atoms with E-state index >= 15 is 0 Å². The summed E-state index contributed by atoms with van der Waals surface area (Å²) < 4.78 is 0. The topological polar surface area (TPSA) is 65.2 Å². The molecule has 4 nitrogen and oxygen atoms in total. The minimum absolute atomic E-state index is 0.486. The normalized spacial score (nSPS) is 9.46. The second-order valence-electron chi connectivity index (χ2n) is 2.24. The largest absolute Gasteiger partial charge is 0.277 e. The average molecular weight is 173 g/mol. The van der Waals surface area contributed by atoms with Crippen molar-refractivity contribution in [2.45, 2.75) is 0 Å². The van der Waals surface area contributed by atoms with E-state index in [-0.39, 0.29) is 0 Å². The molecule has 4 heteroatoms. The Morgan fingerprint density at radius 2 is 2.08 bits per heavy atom. The number of rotatable bonds is 3. The average Bonchev–Trinajstić information content (AvgIpc) is 2.19. The van der Waals surface area contributed by atoms with Crippen molar-refractivity contribution in [3.05, 3.63) is 35.4 Å². The maximum absolute atomic E-state index is 9.83. The van der Waals surface area contributed by atoms with Crippen LogP contribution in [0.2, 0.25) is 0 Å². The lowest BCUT2D eigenvalue weighted by atomic mass is 10.2. The number of nitrogens with one attached hydrogen (secondary N) is 1. The van der Waals surface area contributed by atoms with E-state index in [4.69, 9.17) is 5.26 Å².